The minimum atomic E-state index is 0.573. The molecule has 17 heavy (non-hydrogen) atoms. The van der Waals surface area contributed by atoms with E-state index in [-0.39, 0.29) is 0 Å². The van der Waals surface area contributed by atoms with Gasteiger partial charge in [0, 0.05) is 19.6 Å². The van der Waals surface area contributed by atoms with Crippen molar-refractivity contribution < 1.29 is 0 Å². The summed E-state index contributed by atoms with van der Waals surface area (Å²) in [7, 11) is 1.95. The van der Waals surface area contributed by atoms with E-state index in [0.29, 0.717) is 6.04 Å². The van der Waals surface area contributed by atoms with E-state index in [1.807, 2.05) is 18.7 Å². The molecule has 4 heteroatoms. The van der Waals surface area contributed by atoms with Gasteiger partial charge in [-0.25, -0.2) is 0 Å². The second-order valence-corrected chi connectivity index (χ2v) is 5.56. The summed E-state index contributed by atoms with van der Waals surface area (Å²) in [5.41, 5.74) is 2.01. The average molecular weight is 256 g/mol. The number of rotatable bonds is 4. The lowest BCUT2D eigenvalue weighted by atomic mass is 10.00. The molecule has 96 valence electrons. The molecule has 1 atom stereocenters. The van der Waals surface area contributed by atoms with Crippen molar-refractivity contribution in [3.05, 3.63) is 16.4 Å². The van der Waals surface area contributed by atoms with Gasteiger partial charge in [-0.05, 0) is 32.6 Å². The lowest BCUT2D eigenvalue weighted by Crippen LogP contribution is -2.32. The molecule has 0 aliphatic heterocycles. The van der Waals surface area contributed by atoms with Crippen LogP contribution in [-0.2, 0) is 13.6 Å². The highest BCUT2D eigenvalue weighted by atomic mass is 35.5. The van der Waals surface area contributed by atoms with Crippen LogP contribution in [0.4, 0.5) is 0 Å². The molecule has 1 aliphatic carbocycles. The summed E-state index contributed by atoms with van der Waals surface area (Å²) in [6.07, 6.45) is 5.52. The van der Waals surface area contributed by atoms with Crippen LogP contribution >= 0.6 is 11.6 Å². The second kappa shape index (κ2) is 5.40. The van der Waals surface area contributed by atoms with E-state index in [1.165, 1.54) is 25.7 Å². The SMILES string of the molecule is Cc1nn(C)c(CN[C@H](C)C2CCCC2)c1Cl. The Morgan fingerprint density at radius 1 is 1.47 bits per heavy atom. The quantitative estimate of drug-likeness (QED) is 0.896. The van der Waals surface area contributed by atoms with Gasteiger partial charge in [0.25, 0.3) is 0 Å². The zero-order valence-electron chi connectivity index (χ0n) is 11.0. The molecule has 1 heterocycles. The van der Waals surface area contributed by atoms with Gasteiger partial charge < -0.3 is 5.32 Å². The molecule has 0 amide bonds. The van der Waals surface area contributed by atoms with Gasteiger partial charge in [0.15, 0.2) is 0 Å². The zero-order chi connectivity index (χ0) is 12.4. The molecule has 1 fully saturated rings. The minimum absolute atomic E-state index is 0.573. The van der Waals surface area contributed by atoms with Gasteiger partial charge in [0.1, 0.15) is 0 Å². The van der Waals surface area contributed by atoms with Crippen molar-refractivity contribution in [2.24, 2.45) is 13.0 Å². The highest BCUT2D eigenvalue weighted by Crippen LogP contribution is 2.28. The first-order valence-electron chi connectivity index (χ1n) is 6.51. The van der Waals surface area contributed by atoms with Crippen molar-refractivity contribution in [1.29, 1.82) is 0 Å². The number of aromatic nitrogens is 2. The van der Waals surface area contributed by atoms with Gasteiger partial charge in [-0.15, -0.1) is 0 Å². The predicted molar refractivity (Wildman–Crippen MR) is 71.2 cm³/mol. The van der Waals surface area contributed by atoms with Gasteiger partial charge >= 0.3 is 0 Å². The van der Waals surface area contributed by atoms with Gasteiger partial charge in [0.05, 0.1) is 16.4 Å². The number of nitrogens with zero attached hydrogens (tertiary/aromatic N) is 2. The summed E-state index contributed by atoms with van der Waals surface area (Å²) in [5.74, 6) is 0.836. The van der Waals surface area contributed by atoms with E-state index < -0.39 is 0 Å². The second-order valence-electron chi connectivity index (χ2n) is 5.18. The highest BCUT2D eigenvalue weighted by Gasteiger charge is 2.21. The van der Waals surface area contributed by atoms with E-state index in [4.69, 9.17) is 11.6 Å². The van der Waals surface area contributed by atoms with Crippen molar-refractivity contribution in [2.75, 3.05) is 0 Å². The summed E-state index contributed by atoms with van der Waals surface area (Å²) in [4.78, 5) is 0. The van der Waals surface area contributed by atoms with Crippen molar-refractivity contribution in [2.45, 2.75) is 52.1 Å². The minimum Gasteiger partial charge on any atom is -0.308 e. The molecular formula is C13H22ClN3. The van der Waals surface area contributed by atoms with Crippen LogP contribution in [0.15, 0.2) is 0 Å². The van der Waals surface area contributed by atoms with E-state index in [9.17, 15) is 0 Å². The van der Waals surface area contributed by atoms with Crippen molar-refractivity contribution in [1.82, 2.24) is 15.1 Å². The molecule has 0 bridgehead atoms. The molecule has 1 N–H and O–H groups in total. The standard InChI is InChI=1S/C13H22ClN3/c1-9(11-6-4-5-7-11)15-8-12-13(14)10(2)16-17(12)3/h9,11,15H,4-8H2,1-3H3/t9-/m1/s1. The number of aryl methyl sites for hydroxylation is 2. The fraction of sp³-hybridized carbons (Fsp3) is 0.769. The van der Waals surface area contributed by atoms with Crippen LogP contribution in [0.5, 0.6) is 0 Å². The van der Waals surface area contributed by atoms with Gasteiger partial charge in [-0.3, -0.25) is 4.68 Å². The van der Waals surface area contributed by atoms with E-state index in [2.05, 4.69) is 17.3 Å². The van der Waals surface area contributed by atoms with Gasteiger partial charge in [-0.2, -0.15) is 5.10 Å². The van der Waals surface area contributed by atoms with Crippen molar-refractivity contribution in [3.63, 3.8) is 0 Å². The first kappa shape index (κ1) is 12.9. The smallest absolute Gasteiger partial charge is 0.0860 e. The van der Waals surface area contributed by atoms with Crippen LogP contribution in [0.2, 0.25) is 5.02 Å². The summed E-state index contributed by atoms with van der Waals surface area (Å²) >= 11 is 6.23. The van der Waals surface area contributed by atoms with Crippen LogP contribution in [-0.4, -0.2) is 15.8 Å². The molecule has 0 unspecified atom stereocenters. The summed E-state index contributed by atoms with van der Waals surface area (Å²) in [6.45, 7) is 5.05. The molecule has 0 saturated heterocycles. The fourth-order valence-electron chi connectivity index (χ4n) is 2.75. The molecule has 1 aromatic rings. The van der Waals surface area contributed by atoms with E-state index in [1.54, 1.807) is 0 Å². The highest BCUT2D eigenvalue weighted by molar-refractivity contribution is 6.31. The average Bonchev–Trinajstić information content (AvgIpc) is 2.88. The molecule has 0 radical (unpaired) electrons. The Kier molecular flexibility index (Phi) is 4.10. The van der Waals surface area contributed by atoms with Crippen molar-refractivity contribution >= 4 is 11.6 Å². The molecular weight excluding hydrogens is 234 g/mol. The largest absolute Gasteiger partial charge is 0.308 e. The van der Waals surface area contributed by atoms with Crippen LogP contribution < -0.4 is 5.32 Å². The van der Waals surface area contributed by atoms with Crippen LogP contribution in [0.3, 0.4) is 0 Å². The Labute approximate surface area is 109 Å². The molecule has 2 rings (SSSR count). The lowest BCUT2D eigenvalue weighted by Gasteiger charge is -2.20. The van der Waals surface area contributed by atoms with Crippen LogP contribution in [0.25, 0.3) is 0 Å². The number of nitrogens with one attached hydrogen (secondary N) is 1. The van der Waals surface area contributed by atoms with E-state index in [0.717, 1.165) is 28.9 Å². The third-order valence-corrected chi connectivity index (χ3v) is 4.45. The third kappa shape index (κ3) is 2.83. The maximum atomic E-state index is 6.23. The molecule has 0 spiro atoms. The molecule has 0 aromatic carbocycles. The van der Waals surface area contributed by atoms with Gasteiger partial charge in [0.2, 0.25) is 0 Å². The summed E-state index contributed by atoms with van der Waals surface area (Å²) in [5, 5.41) is 8.73. The Morgan fingerprint density at radius 2 is 2.12 bits per heavy atom. The van der Waals surface area contributed by atoms with Gasteiger partial charge in [-0.1, -0.05) is 24.4 Å². The third-order valence-electron chi connectivity index (χ3n) is 3.96. The molecule has 3 nitrogen and oxygen atoms in total. The maximum absolute atomic E-state index is 6.23. The Balaban J connectivity index is 1.92. The maximum Gasteiger partial charge on any atom is 0.0860 e. The molecule has 1 aliphatic rings. The Bertz CT molecular complexity index is 380. The van der Waals surface area contributed by atoms with Crippen molar-refractivity contribution in [3.8, 4) is 0 Å². The Morgan fingerprint density at radius 3 is 2.65 bits per heavy atom. The summed E-state index contributed by atoms with van der Waals surface area (Å²) in [6, 6.07) is 0.573. The number of halogens is 1. The summed E-state index contributed by atoms with van der Waals surface area (Å²) < 4.78 is 1.88. The number of hydrogen-bond donors (Lipinski definition) is 1. The first-order chi connectivity index (χ1) is 8.09. The molecule has 1 saturated carbocycles. The van der Waals surface area contributed by atoms with Crippen LogP contribution in [0.1, 0.15) is 44.0 Å². The zero-order valence-corrected chi connectivity index (χ0v) is 11.7. The molecule has 1 aromatic heterocycles. The van der Waals surface area contributed by atoms with E-state index >= 15 is 0 Å². The van der Waals surface area contributed by atoms with Crippen LogP contribution in [0, 0.1) is 12.8 Å². The Hall–Kier alpha value is -0.540. The first-order valence-corrected chi connectivity index (χ1v) is 6.88. The number of hydrogen-bond acceptors (Lipinski definition) is 2. The monoisotopic (exact) mass is 255 g/mol. The normalized spacial score (nSPS) is 18.8. The predicted octanol–water partition coefficient (Wildman–Crippen LogP) is 3.05. The fourth-order valence-corrected chi connectivity index (χ4v) is 2.98. The topological polar surface area (TPSA) is 29.9 Å². The lowest BCUT2D eigenvalue weighted by molar-refractivity contribution is 0.376.